The molecule has 2 aliphatic heterocycles. The lowest BCUT2D eigenvalue weighted by molar-refractivity contribution is -0.135. The number of nitrogens with zero attached hydrogens (tertiary/aromatic N) is 2. The Morgan fingerprint density at radius 2 is 1.85 bits per heavy atom. The van der Waals surface area contributed by atoms with E-state index in [0.29, 0.717) is 5.57 Å². The third kappa shape index (κ3) is 2.13. The second-order valence-corrected chi connectivity index (χ2v) is 6.98. The normalized spacial score (nSPS) is 24.3. The van der Waals surface area contributed by atoms with E-state index < -0.39 is 5.41 Å². The number of ether oxygens (including phenoxy) is 1. The van der Waals surface area contributed by atoms with Crippen LogP contribution in [0.25, 0.3) is 0 Å². The number of carbonyl (C=O) groups is 1. The summed E-state index contributed by atoms with van der Waals surface area (Å²) in [6, 6.07) is 18.5. The molecular weight excluding hydrogens is 336 g/mol. The van der Waals surface area contributed by atoms with Crippen molar-refractivity contribution < 1.29 is 9.53 Å². The standard InChI is InChI=1S/C23H18N2O2/c1-27-22(26)17-11-12-20-23(18-9-5-6-10-19(18)25-21(17)23)16(14-24-20)13-15-7-3-2-4-8-15/h2-12,14,16H,13H2,1H3. The molecule has 1 aliphatic carbocycles. The van der Waals surface area contributed by atoms with Gasteiger partial charge in [0, 0.05) is 12.1 Å². The van der Waals surface area contributed by atoms with Crippen LogP contribution in [0.5, 0.6) is 0 Å². The Morgan fingerprint density at radius 3 is 2.67 bits per heavy atom. The molecule has 0 saturated carbocycles. The summed E-state index contributed by atoms with van der Waals surface area (Å²) in [4.78, 5) is 22.1. The zero-order valence-electron chi connectivity index (χ0n) is 14.9. The number of esters is 1. The zero-order valence-corrected chi connectivity index (χ0v) is 14.9. The van der Waals surface area contributed by atoms with Gasteiger partial charge < -0.3 is 4.74 Å². The van der Waals surface area contributed by atoms with Crippen molar-refractivity contribution in [2.24, 2.45) is 15.9 Å². The summed E-state index contributed by atoms with van der Waals surface area (Å²) in [7, 11) is 1.41. The van der Waals surface area contributed by atoms with Gasteiger partial charge in [0.05, 0.1) is 35.2 Å². The third-order valence-electron chi connectivity index (χ3n) is 5.66. The van der Waals surface area contributed by atoms with Gasteiger partial charge in [0.15, 0.2) is 0 Å². The molecule has 2 atom stereocenters. The third-order valence-corrected chi connectivity index (χ3v) is 5.66. The van der Waals surface area contributed by atoms with Crippen LogP contribution in [-0.4, -0.2) is 25.0 Å². The van der Waals surface area contributed by atoms with Crippen molar-refractivity contribution in [3.05, 3.63) is 89.1 Å². The topological polar surface area (TPSA) is 51.0 Å². The Morgan fingerprint density at radius 1 is 1.07 bits per heavy atom. The number of benzene rings is 2. The minimum atomic E-state index is -0.523. The molecule has 2 aromatic rings. The summed E-state index contributed by atoms with van der Waals surface area (Å²) in [6.45, 7) is 0. The summed E-state index contributed by atoms with van der Waals surface area (Å²) in [5.74, 6) is -0.275. The van der Waals surface area contributed by atoms with Crippen LogP contribution in [0.1, 0.15) is 11.1 Å². The van der Waals surface area contributed by atoms with E-state index in [-0.39, 0.29) is 11.9 Å². The molecule has 0 saturated heterocycles. The number of hydrogen-bond acceptors (Lipinski definition) is 4. The average molecular weight is 354 g/mol. The Balaban J connectivity index is 1.70. The molecule has 132 valence electrons. The lowest BCUT2D eigenvalue weighted by Crippen LogP contribution is -2.44. The van der Waals surface area contributed by atoms with Gasteiger partial charge in [-0.1, -0.05) is 48.5 Å². The van der Waals surface area contributed by atoms with E-state index in [1.165, 1.54) is 12.7 Å². The number of rotatable bonds is 3. The van der Waals surface area contributed by atoms with Gasteiger partial charge in [-0.3, -0.25) is 9.98 Å². The average Bonchev–Trinajstić information content (AvgIpc) is 3.26. The number of allylic oxidation sites excluding steroid dienone is 3. The van der Waals surface area contributed by atoms with Crippen molar-refractivity contribution in [2.45, 2.75) is 11.8 Å². The fourth-order valence-electron chi connectivity index (χ4n) is 4.49. The molecule has 2 aromatic carbocycles. The van der Waals surface area contributed by atoms with Crippen molar-refractivity contribution in [3.8, 4) is 0 Å². The van der Waals surface area contributed by atoms with Crippen LogP contribution in [0.15, 0.2) is 88.0 Å². The van der Waals surface area contributed by atoms with E-state index in [2.05, 4.69) is 18.2 Å². The van der Waals surface area contributed by atoms with E-state index in [0.717, 1.165) is 29.1 Å². The molecule has 1 spiro atoms. The summed E-state index contributed by atoms with van der Waals surface area (Å²) < 4.78 is 5.04. The molecule has 0 fully saturated rings. The van der Waals surface area contributed by atoms with Crippen LogP contribution in [-0.2, 0) is 21.4 Å². The van der Waals surface area contributed by atoms with E-state index in [4.69, 9.17) is 14.7 Å². The Bertz CT molecular complexity index is 1060. The summed E-state index contributed by atoms with van der Waals surface area (Å²) in [6.07, 6.45) is 6.56. The van der Waals surface area contributed by atoms with Gasteiger partial charge in [0.2, 0.25) is 0 Å². The highest BCUT2D eigenvalue weighted by Gasteiger charge is 2.57. The van der Waals surface area contributed by atoms with Crippen LogP contribution in [0.4, 0.5) is 5.69 Å². The smallest absolute Gasteiger partial charge is 0.339 e. The van der Waals surface area contributed by atoms with Crippen molar-refractivity contribution >= 4 is 23.6 Å². The summed E-state index contributed by atoms with van der Waals surface area (Å²) >= 11 is 0. The molecular formula is C23H18N2O2. The molecule has 0 radical (unpaired) electrons. The van der Waals surface area contributed by atoms with Crippen molar-refractivity contribution in [1.82, 2.24) is 0 Å². The van der Waals surface area contributed by atoms with Gasteiger partial charge in [-0.25, -0.2) is 4.79 Å². The van der Waals surface area contributed by atoms with Gasteiger partial charge in [-0.05, 0) is 35.8 Å². The molecule has 0 amide bonds. The van der Waals surface area contributed by atoms with Gasteiger partial charge in [0.25, 0.3) is 0 Å². The maximum atomic E-state index is 12.5. The lowest BCUT2D eigenvalue weighted by Gasteiger charge is -2.36. The molecule has 0 aromatic heterocycles. The van der Waals surface area contributed by atoms with Gasteiger partial charge in [0.1, 0.15) is 0 Å². The summed E-state index contributed by atoms with van der Waals surface area (Å²) in [5.41, 5.74) is 4.94. The molecule has 4 nitrogen and oxygen atoms in total. The van der Waals surface area contributed by atoms with Gasteiger partial charge in [-0.15, -0.1) is 0 Å². The highest BCUT2D eigenvalue weighted by molar-refractivity contribution is 6.29. The Kier molecular flexibility index (Phi) is 3.47. The molecule has 2 heterocycles. The van der Waals surface area contributed by atoms with E-state index in [1.54, 1.807) is 6.08 Å². The number of aliphatic imine (C=N–C) groups is 2. The maximum absolute atomic E-state index is 12.5. The number of fused-ring (bicyclic) bond motifs is 1. The first kappa shape index (κ1) is 15.9. The van der Waals surface area contributed by atoms with Crippen molar-refractivity contribution in [3.63, 3.8) is 0 Å². The maximum Gasteiger partial charge on any atom is 0.339 e. The van der Waals surface area contributed by atoms with E-state index in [1.807, 2.05) is 48.7 Å². The van der Waals surface area contributed by atoms with Crippen LogP contribution in [0.3, 0.4) is 0 Å². The van der Waals surface area contributed by atoms with Crippen LogP contribution < -0.4 is 0 Å². The van der Waals surface area contributed by atoms with E-state index in [9.17, 15) is 4.79 Å². The zero-order chi connectivity index (χ0) is 18.4. The number of carbonyl (C=O) groups excluding carboxylic acids is 1. The Labute approximate surface area is 157 Å². The first-order valence-electron chi connectivity index (χ1n) is 9.03. The monoisotopic (exact) mass is 354 g/mol. The van der Waals surface area contributed by atoms with E-state index >= 15 is 0 Å². The predicted molar refractivity (Wildman–Crippen MR) is 106 cm³/mol. The molecule has 4 heteroatoms. The fraction of sp³-hybridized carbons (Fsp3) is 0.174. The minimum absolute atomic E-state index is 0.0851. The van der Waals surface area contributed by atoms with Crippen LogP contribution in [0, 0.1) is 5.92 Å². The SMILES string of the molecule is COC(=O)C1=CC=C2N=CC(Cc3ccccc3)C23C1=Nc1ccccc13. The quantitative estimate of drug-likeness (QED) is 0.784. The Hall–Kier alpha value is -3.27. The first-order valence-corrected chi connectivity index (χ1v) is 9.03. The molecule has 2 unspecified atom stereocenters. The second-order valence-electron chi connectivity index (χ2n) is 6.98. The number of methoxy groups -OCH3 is 1. The predicted octanol–water partition coefficient (Wildman–Crippen LogP) is 3.95. The summed E-state index contributed by atoms with van der Waals surface area (Å²) in [5, 5.41) is 0. The molecule has 5 rings (SSSR count). The second kappa shape index (κ2) is 5.88. The minimum Gasteiger partial charge on any atom is -0.465 e. The van der Waals surface area contributed by atoms with Crippen molar-refractivity contribution in [1.29, 1.82) is 0 Å². The highest BCUT2D eigenvalue weighted by atomic mass is 16.5. The first-order chi connectivity index (χ1) is 13.2. The van der Waals surface area contributed by atoms with Crippen molar-refractivity contribution in [2.75, 3.05) is 7.11 Å². The van der Waals surface area contributed by atoms with Gasteiger partial charge >= 0.3 is 5.97 Å². The largest absolute Gasteiger partial charge is 0.465 e. The van der Waals surface area contributed by atoms with Crippen LogP contribution >= 0.6 is 0 Å². The number of para-hydroxylation sites is 1. The fourth-order valence-corrected chi connectivity index (χ4v) is 4.49. The number of hydrogen-bond donors (Lipinski definition) is 0. The molecule has 3 aliphatic rings. The molecule has 0 N–H and O–H groups in total. The molecule has 27 heavy (non-hydrogen) atoms. The van der Waals surface area contributed by atoms with Crippen LogP contribution in [0.2, 0.25) is 0 Å². The van der Waals surface area contributed by atoms with Gasteiger partial charge in [-0.2, -0.15) is 0 Å². The highest BCUT2D eigenvalue weighted by Crippen LogP contribution is 2.55. The molecule has 0 bridgehead atoms. The lowest BCUT2D eigenvalue weighted by atomic mass is 9.63.